The minimum atomic E-state index is -0.604. The molecule has 0 spiro atoms. The number of hydrogen-bond acceptors (Lipinski definition) is 7. The summed E-state index contributed by atoms with van der Waals surface area (Å²) in [7, 11) is 1.83. The molecule has 4 rings (SSSR count). The minimum absolute atomic E-state index is 0.337. The van der Waals surface area contributed by atoms with Crippen molar-refractivity contribution in [3.8, 4) is 17.1 Å². The molecule has 0 saturated carbocycles. The lowest BCUT2D eigenvalue weighted by molar-refractivity contribution is 0.0737. The minimum Gasteiger partial charge on any atom is -0.482 e. The smallest absolute Gasteiger partial charge is 0.163 e. The molecule has 2 atom stereocenters. The number of nitrogens with zero attached hydrogens (tertiary/aromatic N) is 6. The standard InChI is InChI=1S/C18H20N6O2/c1-12-6-17(22-18(21-12)13-4-3-5-19-7-13)24-10-15(25)16(11-24)26-14-8-20-23(2)9-14/h3-9,15-16,25H,10-11H2,1-2H3/t15-,16-/m1/s1. The third kappa shape index (κ3) is 3.36. The summed E-state index contributed by atoms with van der Waals surface area (Å²) in [6.07, 6.45) is 5.95. The van der Waals surface area contributed by atoms with Crippen molar-refractivity contribution in [3.63, 3.8) is 0 Å². The first-order valence-corrected chi connectivity index (χ1v) is 8.43. The molecule has 1 N–H and O–H groups in total. The van der Waals surface area contributed by atoms with Gasteiger partial charge in [0.2, 0.25) is 0 Å². The number of aryl methyl sites for hydroxylation is 2. The summed E-state index contributed by atoms with van der Waals surface area (Å²) < 4.78 is 7.55. The molecule has 0 amide bonds. The highest BCUT2D eigenvalue weighted by molar-refractivity contribution is 5.57. The second-order valence-corrected chi connectivity index (χ2v) is 6.41. The van der Waals surface area contributed by atoms with Crippen LogP contribution in [-0.4, -0.2) is 55.1 Å². The number of aliphatic hydroxyl groups excluding tert-OH is 1. The van der Waals surface area contributed by atoms with Gasteiger partial charge in [-0.25, -0.2) is 9.97 Å². The van der Waals surface area contributed by atoms with Crippen LogP contribution in [0.2, 0.25) is 0 Å². The second kappa shape index (κ2) is 6.72. The average Bonchev–Trinajstić information content (AvgIpc) is 3.21. The molecule has 0 bridgehead atoms. The van der Waals surface area contributed by atoms with Crippen molar-refractivity contribution in [2.45, 2.75) is 19.1 Å². The van der Waals surface area contributed by atoms with E-state index in [1.54, 1.807) is 29.5 Å². The van der Waals surface area contributed by atoms with Crippen LogP contribution in [0.3, 0.4) is 0 Å². The van der Waals surface area contributed by atoms with Gasteiger partial charge in [0.15, 0.2) is 11.6 Å². The molecule has 1 saturated heterocycles. The number of ether oxygens (including phenoxy) is 1. The van der Waals surface area contributed by atoms with Crippen LogP contribution in [0.15, 0.2) is 43.0 Å². The first-order chi connectivity index (χ1) is 12.6. The van der Waals surface area contributed by atoms with Crippen LogP contribution in [-0.2, 0) is 7.05 Å². The maximum atomic E-state index is 10.4. The van der Waals surface area contributed by atoms with Gasteiger partial charge in [-0.15, -0.1) is 0 Å². The molecule has 1 fully saturated rings. The van der Waals surface area contributed by atoms with Crippen molar-refractivity contribution in [2.24, 2.45) is 7.05 Å². The Morgan fingerprint density at radius 2 is 2.12 bits per heavy atom. The van der Waals surface area contributed by atoms with Gasteiger partial charge in [0, 0.05) is 43.3 Å². The maximum Gasteiger partial charge on any atom is 0.163 e. The molecule has 134 valence electrons. The van der Waals surface area contributed by atoms with Crippen LogP contribution >= 0.6 is 0 Å². The van der Waals surface area contributed by atoms with E-state index >= 15 is 0 Å². The molecule has 0 radical (unpaired) electrons. The maximum absolute atomic E-state index is 10.4. The van der Waals surface area contributed by atoms with Crippen molar-refractivity contribution in [1.82, 2.24) is 24.7 Å². The van der Waals surface area contributed by atoms with Gasteiger partial charge in [0.25, 0.3) is 0 Å². The SMILES string of the molecule is Cc1cc(N2C[C@@H](O)[C@H](Oc3cnn(C)c3)C2)nc(-c2cccnc2)n1. The predicted molar refractivity (Wildman–Crippen MR) is 95.8 cm³/mol. The van der Waals surface area contributed by atoms with Gasteiger partial charge in [-0.1, -0.05) is 0 Å². The van der Waals surface area contributed by atoms with Crippen LogP contribution in [0.5, 0.6) is 5.75 Å². The number of β-amino-alcohol motifs (C(OH)–C–C–N with tert-alkyl or cyclic N) is 1. The fraction of sp³-hybridized carbons (Fsp3) is 0.333. The van der Waals surface area contributed by atoms with Crippen molar-refractivity contribution in [2.75, 3.05) is 18.0 Å². The van der Waals surface area contributed by atoms with Crippen LogP contribution in [0.25, 0.3) is 11.4 Å². The Kier molecular flexibility index (Phi) is 4.26. The Bertz CT molecular complexity index is 898. The lowest BCUT2D eigenvalue weighted by Gasteiger charge is -2.18. The van der Waals surface area contributed by atoms with Crippen molar-refractivity contribution in [3.05, 3.63) is 48.7 Å². The van der Waals surface area contributed by atoms with Gasteiger partial charge in [0.05, 0.1) is 18.9 Å². The van der Waals surface area contributed by atoms with E-state index in [0.29, 0.717) is 24.7 Å². The van der Waals surface area contributed by atoms with Gasteiger partial charge >= 0.3 is 0 Å². The van der Waals surface area contributed by atoms with E-state index in [-0.39, 0.29) is 6.10 Å². The number of anilines is 1. The lowest BCUT2D eigenvalue weighted by Crippen LogP contribution is -2.29. The largest absolute Gasteiger partial charge is 0.482 e. The summed E-state index contributed by atoms with van der Waals surface area (Å²) in [5.41, 5.74) is 1.72. The highest BCUT2D eigenvalue weighted by atomic mass is 16.5. The summed E-state index contributed by atoms with van der Waals surface area (Å²) in [6.45, 7) is 2.92. The lowest BCUT2D eigenvalue weighted by atomic mass is 10.2. The summed E-state index contributed by atoms with van der Waals surface area (Å²) in [4.78, 5) is 15.3. The molecule has 26 heavy (non-hydrogen) atoms. The van der Waals surface area contributed by atoms with E-state index < -0.39 is 6.10 Å². The molecule has 8 heteroatoms. The number of rotatable bonds is 4. The molecule has 0 aromatic carbocycles. The Morgan fingerprint density at radius 3 is 2.85 bits per heavy atom. The normalized spacial score (nSPS) is 19.7. The topological polar surface area (TPSA) is 89.2 Å². The van der Waals surface area contributed by atoms with E-state index in [9.17, 15) is 5.11 Å². The fourth-order valence-electron chi connectivity index (χ4n) is 3.03. The molecule has 8 nitrogen and oxygen atoms in total. The van der Waals surface area contributed by atoms with E-state index in [2.05, 4.69) is 20.1 Å². The van der Waals surface area contributed by atoms with Crippen molar-refractivity contribution in [1.29, 1.82) is 0 Å². The molecule has 3 aromatic rings. The Hall–Kier alpha value is -3.00. The zero-order valence-electron chi connectivity index (χ0n) is 14.6. The summed E-state index contributed by atoms with van der Waals surface area (Å²) in [5.74, 6) is 2.04. The van der Waals surface area contributed by atoms with Crippen molar-refractivity contribution >= 4 is 5.82 Å². The third-order valence-corrected chi connectivity index (χ3v) is 4.29. The molecule has 3 aromatic heterocycles. The Morgan fingerprint density at radius 1 is 1.23 bits per heavy atom. The monoisotopic (exact) mass is 352 g/mol. The Labute approximate surface area is 151 Å². The molecule has 1 aliphatic heterocycles. The highest BCUT2D eigenvalue weighted by Gasteiger charge is 2.34. The van der Waals surface area contributed by atoms with Gasteiger partial charge < -0.3 is 14.7 Å². The van der Waals surface area contributed by atoms with Gasteiger partial charge in [-0.05, 0) is 19.1 Å². The van der Waals surface area contributed by atoms with E-state index in [4.69, 9.17) is 4.74 Å². The van der Waals surface area contributed by atoms with Crippen LogP contribution in [0.4, 0.5) is 5.82 Å². The number of aliphatic hydroxyl groups is 1. The molecule has 0 aliphatic carbocycles. The summed E-state index contributed by atoms with van der Waals surface area (Å²) in [6, 6.07) is 5.70. The number of pyridine rings is 1. The van der Waals surface area contributed by atoms with Crippen LogP contribution in [0, 0.1) is 6.92 Å². The van der Waals surface area contributed by atoms with Crippen LogP contribution in [0.1, 0.15) is 5.69 Å². The van der Waals surface area contributed by atoms with E-state index in [1.807, 2.05) is 37.1 Å². The van der Waals surface area contributed by atoms with Gasteiger partial charge in [-0.2, -0.15) is 5.10 Å². The third-order valence-electron chi connectivity index (χ3n) is 4.29. The van der Waals surface area contributed by atoms with Gasteiger partial charge in [0.1, 0.15) is 18.0 Å². The first kappa shape index (κ1) is 16.5. The zero-order valence-corrected chi connectivity index (χ0v) is 14.6. The fourth-order valence-corrected chi connectivity index (χ4v) is 3.03. The number of aromatic nitrogens is 5. The Balaban J connectivity index is 1.55. The average molecular weight is 352 g/mol. The second-order valence-electron chi connectivity index (χ2n) is 6.41. The highest BCUT2D eigenvalue weighted by Crippen LogP contribution is 2.25. The molecule has 0 unspecified atom stereocenters. The molecule has 4 heterocycles. The molecular formula is C18H20N6O2. The van der Waals surface area contributed by atoms with Gasteiger partial charge in [-0.3, -0.25) is 9.67 Å². The molecule has 1 aliphatic rings. The first-order valence-electron chi connectivity index (χ1n) is 8.43. The summed E-state index contributed by atoms with van der Waals surface area (Å²) >= 11 is 0. The van der Waals surface area contributed by atoms with Crippen LogP contribution < -0.4 is 9.64 Å². The quantitative estimate of drug-likeness (QED) is 0.755. The zero-order chi connectivity index (χ0) is 18.1. The van der Waals surface area contributed by atoms with E-state index in [1.165, 1.54) is 0 Å². The number of hydrogen-bond donors (Lipinski definition) is 1. The van der Waals surface area contributed by atoms with E-state index in [0.717, 1.165) is 17.1 Å². The predicted octanol–water partition coefficient (Wildman–Crippen LogP) is 1.21. The summed E-state index contributed by atoms with van der Waals surface area (Å²) in [5, 5.41) is 14.5. The van der Waals surface area contributed by atoms with Crippen molar-refractivity contribution < 1.29 is 9.84 Å². The molecular weight excluding hydrogens is 332 g/mol.